The number of primary amides is 1. The van der Waals surface area contributed by atoms with Crippen LogP contribution in [0.5, 0.6) is 0 Å². The molecule has 0 saturated heterocycles. The number of rotatable bonds is 6. The predicted octanol–water partition coefficient (Wildman–Crippen LogP) is 0.701. The third kappa shape index (κ3) is 3.32. The Hall–Kier alpha value is -1.85. The molecule has 1 aromatic rings. The van der Waals surface area contributed by atoms with E-state index in [1.165, 1.54) is 0 Å². The van der Waals surface area contributed by atoms with Gasteiger partial charge in [-0.25, -0.2) is 9.97 Å². The lowest BCUT2D eigenvalue weighted by molar-refractivity contribution is -0.116. The minimum Gasteiger partial charge on any atom is -0.370 e. The van der Waals surface area contributed by atoms with Gasteiger partial charge in [0.15, 0.2) is 0 Å². The van der Waals surface area contributed by atoms with Crippen molar-refractivity contribution in [2.45, 2.75) is 27.2 Å². The molecule has 3 N–H and O–H groups in total. The maximum Gasteiger partial charge on any atom is 0.236 e. The molecule has 0 aromatic carbocycles. The lowest BCUT2D eigenvalue weighted by Crippen LogP contribution is -2.32. The van der Waals surface area contributed by atoms with Crippen molar-refractivity contribution in [3.8, 4) is 0 Å². The fraction of sp³-hybridized carbons (Fsp3) is 0.583. The van der Waals surface area contributed by atoms with Gasteiger partial charge in [-0.1, -0.05) is 6.92 Å². The summed E-state index contributed by atoms with van der Waals surface area (Å²) in [6, 6.07) is 0. The van der Waals surface area contributed by atoms with Gasteiger partial charge < -0.3 is 16.0 Å². The summed E-state index contributed by atoms with van der Waals surface area (Å²) in [5, 5.41) is 3.21. The van der Waals surface area contributed by atoms with Crippen molar-refractivity contribution in [2.75, 3.05) is 30.4 Å². The zero-order valence-corrected chi connectivity index (χ0v) is 11.4. The Labute approximate surface area is 108 Å². The van der Waals surface area contributed by atoms with Crippen molar-refractivity contribution in [2.24, 2.45) is 5.73 Å². The van der Waals surface area contributed by atoms with Crippen molar-refractivity contribution in [3.63, 3.8) is 0 Å². The van der Waals surface area contributed by atoms with Crippen LogP contribution in [-0.4, -0.2) is 36.0 Å². The monoisotopic (exact) mass is 251 g/mol. The number of carbonyl (C=O) groups excluding carboxylic acids is 1. The average Bonchev–Trinajstić information content (AvgIpc) is 2.31. The summed E-state index contributed by atoms with van der Waals surface area (Å²) in [6.45, 7) is 6.88. The number of anilines is 2. The molecular formula is C12H21N5O. The first-order valence-corrected chi connectivity index (χ1v) is 6.10. The highest BCUT2D eigenvalue weighted by atomic mass is 16.1. The van der Waals surface area contributed by atoms with E-state index in [-0.39, 0.29) is 12.5 Å². The van der Waals surface area contributed by atoms with Gasteiger partial charge in [-0.3, -0.25) is 4.79 Å². The minimum atomic E-state index is -0.376. The molecule has 0 aliphatic rings. The summed E-state index contributed by atoms with van der Waals surface area (Å²) in [5.41, 5.74) is 6.14. The second kappa shape index (κ2) is 6.18. The number of carbonyl (C=O) groups is 1. The Morgan fingerprint density at radius 1 is 1.39 bits per heavy atom. The maximum atomic E-state index is 11.0. The molecule has 0 atom stereocenters. The molecule has 0 aliphatic carbocycles. The molecule has 0 saturated carbocycles. The van der Waals surface area contributed by atoms with Crippen LogP contribution in [-0.2, 0) is 11.2 Å². The van der Waals surface area contributed by atoms with Gasteiger partial charge in [-0.15, -0.1) is 0 Å². The zero-order chi connectivity index (χ0) is 13.7. The summed E-state index contributed by atoms with van der Waals surface area (Å²) in [4.78, 5) is 21.6. The second-order valence-corrected chi connectivity index (χ2v) is 4.14. The number of nitrogens with two attached hydrogens (primary N) is 1. The molecule has 0 spiro atoms. The van der Waals surface area contributed by atoms with E-state index in [1.54, 1.807) is 11.9 Å². The van der Waals surface area contributed by atoms with Crippen LogP contribution in [0.4, 0.5) is 11.6 Å². The molecular weight excluding hydrogens is 230 g/mol. The largest absolute Gasteiger partial charge is 0.370 e. The highest BCUT2D eigenvalue weighted by Crippen LogP contribution is 2.22. The van der Waals surface area contributed by atoms with E-state index < -0.39 is 0 Å². The van der Waals surface area contributed by atoms with E-state index in [1.807, 2.05) is 20.8 Å². The molecule has 1 aromatic heterocycles. The number of hydrogen-bond donors (Lipinski definition) is 2. The first-order chi connectivity index (χ1) is 8.49. The minimum absolute atomic E-state index is 0.145. The Bertz CT molecular complexity index is 433. The molecule has 18 heavy (non-hydrogen) atoms. The highest BCUT2D eigenvalue weighted by molar-refractivity contribution is 5.79. The molecule has 0 bridgehead atoms. The van der Waals surface area contributed by atoms with E-state index in [2.05, 4.69) is 15.3 Å². The van der Waals surface area contributed by atoms with Gasteiger partial charge in [-0.2, -0.15) is 0 Å². The number of nitrogens with zero attached hydrogens (tertiary/aromatic N) is 3. The Balaban J connectivity index is 3.15. The number of hydrogen-bond acceptors (Lipinski definition) is 5. The smallest absolute Gasteiger partial charge is 0.236 e. The van der Waals surface area contributed by atoms with Gasteiger partial charge >= 0.3 is 0 Å². The van der Waals surface area contributed by atoms with Gasteiger partial charge in [0.1, 0.15) is 17.5 Å². The number of nitrogens with one attached hydrogen (secondary N) is 1. The van der Waals surface area contributed by atoms with Gasteiger partial charge in [0.25, 0.3) is 0 Å². The third-order valence-corrected chi connectivity index (χ3v) is 2.58. The number of amides is 1. The average molecular weight is 251 g/mol. The van der Waals surface area contributed by atoms with Crippen molar-refractivity contribution < 1.29 is 4.79 Å². The molecule has 1 rings (SSSR count). The van der Waals surface area contributed by atoms with E-state index in [0.717, 1.165) is 36.0 Å². The summed E-state index contributed by atoms with van der Waals surface area (Å²) in [6.07, 6.45) is 0.746. The van der Waals surface area contributed by atoms with Crippen LogP contribution in [0.1, 0.15) is 25.2 Å². The van der Waals surface area contributed by atoms with Crippen LogP contribution < -0.4 is 16.0 Å². The second-order valence-electron chi connectivity index (χ2n) is 4.14. The fourth-order valence-electron chi connectivity index (χ4n) is 1.73. The van der Waals surface area contributed by atoms with Crippen LogP contribution in [0.3, 0.4) is 0 Å². The lowest BCUT2D eigenvalue weighted by Gasteiger charge is -2.21. The molecule has 1 heterocycles. The van der Waals surface area contributed by atoms with Gasteiger partial charge in [-0.05, 0) is 13.8 Å². The molecule has 0 unspecified atom stereocenters. The number of likely N-dealkylation sites (N-methyl/N-ethyl adjacent to an activating group) is 1. The Kier molecular flexibility index (Phi) is 4.88. The topological polar surface area (TPSA) is 84.1 Å². The molecule has 0 aliphatic heterocycles. The van der Waals surface area contributed by atoms with Gasteiger partial charge in [0, 0.05) is 25.6 Å². The highest BCUT2D eigenvalue weighted by Gasteiger charge is 2.14. The number of aromatic nitrogens is 2. The Morgan fingerprint density at radius 3 is 2.56 bits per heavy atom. The summed E-state index contributed by atoms with van der Waals surface area (Å²) >= 11 is 0. The SMILES string of the molecule is CCNc1nc(CC)nc(N(C)CC(N)=O)c1C. The first kappa shape index (κ1) is 14.2. The summed E-state index contributed by atoms with van der Waals surface area (Å²) in [5.74, 6) is 1.94. The van der Waals surface area contributed by atoms with Crippen molar-refractivity contribution in [1.82, 2.24) is 9.97 Å². The van der Waals surface area contributed by atoms with Gasteiger partial charge in [0.2, 0.25) is 5.91 Å². The lowest BCUT2D eigenvalue weighted by atomic mass is 10.2. The molecule has 0 radical (unpaired) electrons. The predicted molar refractivity (Wildman–Crippen MR) is 72.8 cm³/mol. The summed E-state index contributed by atoms with van der Waals surface area (Å²) < 4.78 is 0. The summed E-state index contributed by atoms with van der Waals surface area (Å²) in [7, 11) is 1.80. The molecule has 1 amide bonds. The van der Waals surface area contributed by atoms with Crippen LogP contribution in [0.25, 0.3) is 0 Å². The van der Waals surface area contributed by atoms with Crippen molar-refractivity contribution in [3.05, 3.63) is 11.4 Å². The van der Waals surface area contributed by atoms with E-state index in [4.69, 9.17) is 5.73 Å². The maximum absolute atomic E-state index is 11.0. The first-order valence-electron chi connectivity index (χ1n) is 6.10. The molecule has 6 heteroatoms. The molecule has 100 valence electrons. The van der Waals surface area contributed by atoms with Crippen molar-refractivity contribution >= 4 is 17.5 Å². The quantitative estimate of drug-likeness (QED) is 0.777. The molecule has 6 nitrogen and oxygen atoms in total. The zero-order valence-electron chi connectivity index (χ0n) is 11.4. The van der Waals surface area contributed by atoms with Crippen molar-refractivity contribution in [1.29, 1.82) is 0 Å². The fourth-order valence-corrected chi connectivity index (χ4v) is 1.73. The normalized spacial score (nSPS) is 10.2. The molecule has 0 fully saturated rings. The standard InChI is InChI=1S/C12H21N5O/c1-5-10-15-11(14-6-2)8(3)12(16-10)17(4)7-9(13)18/h5-7H2,1-4H3,(H2,13,18)(H,14,15,16). The number of aryl methyl sites for hydroxylation is 1. The third-order valence-electron chi connectivity index (χ3n) is 2.58. The van der Waals surface area contributed by atoms with E-state index >= 15 is 0 Å². The van der Waals surface area contributed by atoms with E-state index in [0.29, 0.717) is 0 Å². The van der Waals surface area contributed by atoms with E-state index in [9.17, 15) is 4.79 Å². The van der Waals surface area contributed by atoms with Crippen LogP contribution in [0.2, 0.25) is 0 Å². The Morgan fingerprint density at radius 2 is 2.06 bits per heavy atom. The van der Waals surface area contributed by atoms with Crippen LogP contribution in [0, 0.1) is 6.92 Å². The van der Waals surface area contributed by atoms with Crippen LogP contribution in [0.15, 0.2) is 0 Å². The van der Waals surface area contributed by atoms with Crippen LogP contribution >= 0.6 is 0 Å². The van der Waals surface area contributed by atoms with Gasteiger partial charge in [0.05, 0.1) is 6.54 Å².